The number of anilines is 1. The molecule has 114 valence electrons. The zero-order chi connectivity index (χ0) is 15.8. The maximum Gasteiger partial charge on any atom is 0.338 e. The molecular formula is C13H15ClN2O5. The number of halogens is 1. The fourth-order valence-electron chi connectivity index (χ4n) is 2.40. The van der Waals surface area contributed by atoms with Gasteiger partial charge < -0.3 is 14.7 Å². The van der Waals surface area contributed by atoms with Gasteiger partial charge in [-0.2, -0.15) is 0 Å². The van der Waals surface area contributed by atoms with Crippen molar-refractivity contribution in [2.45, 2.75) is 19.4 Å². The van der Waals surface area contributed by atoms with Gasteiger partial charge >= 0.3 is 5.97 Å². The van der Waals surface area contributed by atoms with Crippen molar-refractivity contribution in [2.24, 2.45) is 0 Å². The second kappa shape index (κ2) is 5.50. The molecule has 8 heteroatoms. The minimum atomic E-state index is -1.25. The second-order valence-corrected chi connectivity index (χ2v) is 5.81. The normalized spacial score (nSPS) is 17.6. The van der Waals surface area contributed by atoms with Crippen molar-refractivity contribution in [3.63, 3.8) is 0 Å². The first-order chi connectivity index (χ1) is 9.74. The molecule has 1 heterocycles. The molecule has 1 aliphatic heterocycles. The predicted octanol–water partition coefficient (Wildman–Crippen LogP) is 2.56. The first-order valence-corrected chi connectivity index (χ1v) is 6.68. The third kappa shape index (κ3) is 2.93. The van der Waals surface area contributed by atoms with Crippen LogP contribution in [0.1, 0.15) is 24.2 Å². The highest BCUT2D eigenvalue weighted by atomic mass is 35.5. The molecule has 1 aromatic rings. The summed E-state index contributed by atoms with van der Waals surface area (Å²) in [6.07, 6.45) is 0. The molecule has 1 fully saturated rings. The molecule has 1 aliphatic rings. The lowest BCUT2D eigenvalue weighted by Gasteiger charge is -2.44. The maximum absolute atomic E-state index is 11.5. The summed E-state index contributed by atoms with van der Waals surface area (Å²) in [6, 6.07) is 2.21. The van der Waals surface area contributed by atoms with Crippen molar-refractivity contribution in [3.05, 3.63) is 32.8 Å². The van der Waals surface area contributed by atoms with Crippen LogP contribution in [0.3, 0.4) is 0 Å². The third-order valence-electron chi connectivity index (χ3n) is 3.40. The monoisotopic (exact) mass is 314 g/mol. The molecule has 0 unspecified atom stereocenters. The van der Waals surface area contributed by atoms with E-state index in [1.54, 1.807) is 0 Å². The van der Waals surface area contributed by atoms with E-state index in [9.17, 15) is 20.0 Å². The quantitative estimate of drug-likeness (QED) is 0.681. The van der Waals surface area contributed by atoms with Crippen molar-refractivity contribution in [2.75, 3.05) is 24.7 Å². The SMILES string of the molecule is CC1(C)COCCN1c1c(Cl)cc([N+](=O)[O-])cc1C(=O)O. The summed E-state index contributed by atoms with van der Waals surface area (Å²) in [4.78, 5) is 23.5. The highest BCUT2D eigenvalue weighted by Crippen LogP contribution is 2.38. The minimum absolute atomic E-state index is 0.0524. The smallest absolute Gasteiger partial charge is 0.338 e. The molecule has 0 aliphatic carbocycles. The highest BCUT2D eigenvalue weighted by Gasteiger charge is 2.35. The summed E-state index contributed by atoms with van der Waals surface area (Å²) in [5.74, 6) is -1.25. The number of hydrogen-bond acceptors (Lipinski definition) is 5. The Labute approximate surface area is 126 Å². The van der Waals surface area contributed by atoms with Crippen molar-refractivity contribution < 1.29 is 19.6 Å². The number of carboxylic acids is 1. The number of ether oxygens (including phenoxy) is 1. The van der Waals surface area contributed by atoms with Gasteiger partial charge in [-0.15, -0.1) is 0 Å². The number of nitro groups is 1. The number of aromatic carboxylic acids is 1. The molecule has 1 saturated heterocycles. The molecule has 1 N–H and O–H groups in total. The number of rotatable bonds is 3. The Hall–Kier alpha value is -1.86. The lowest BCUT2D eigenvalue weighted by atomic mass is 9.99. The van der Waals surface area contributed by atoms with Crippen molar-refractivity contribution >= 4 is 28.9 Å². The van der Waals surface area contributed by atoms with Crippen LogP contribution in [0.25, 0.3) is 0 Å². The van der Waals surface area contributed by atoms with Crippen molar-refractivity contribution in [1.29, 1.82) is 0 Å². The third-order valence-corrected chi connectivity index (χ3v) is 3.69. The zero-order valence-electron chi connectivity index (χ0n) is 11.6. The van der Waals surface area contributed by atoms with Gasteiger partial charge in [0, 0.05) is 18.7 Å². The van der Waals surface area contributed by atoms with Crippen LogP contribution in [0.15, 0.2) is 12.1 Å². The summed E-state index contributed by atoms with van der Waals surface area (Å²) in [5.41, 5.74) is -0.679. The van der Waals surface area contributed by atoms with E-state index in [0.29, 0.717) is 25.4 Å². The maximum atomic E-state index is 11.5. The number of non-ortho nitro benzene ring substituents is 1. The van der Waals surface area contributed by atoms with Crippen LogP contribution < -0.4 is 4.90 Å². The van der Waals surface area contributed by atoms with E-state index in [2.05, 4.69) is 0 Å². The Morgan fingerprint density at radius 1 is 1.52 bits per heavy atom. The van der Waals surface area contributed by atoms with Gasteiger partial charge in [-0.3, -0.25) is 10.1 Å². The van der Waals surface area contributed by atoms with E-state index >= 15 is 0 Å². The summed E-state index contributed by atoms with van der Waals surface area (Å²) in [7, 11) is 0. The van der Waals surface area contributed by atoms with Gasteiger partial charge in [0.25, 0.3) is 5.69 Å². The van der Waals surface area contributed by atoms with Crippen LogP contribution in [0.5, 0.6) is 0 Å². The van der Waals surface area contributed by atoms with E-state index in [1.807, 2.05) is 18.7 Å². The Balaban J connectivity index is 2.62. The van der Waals surface area contributed by atoms with E-state index in [4.69, 9.17) is 16.3 Å². The Morgan fingerprint density at radius 3 is 2.71 bits per heavy atom. The van der Waals surface area contributed by atoms with Crippen molar-refractivity contribution in [3.8, 4) is 0 Å². The van der Waals surface area contributed by atoms with Gasteiger partial charge in [-0.05, 0) is 13.8 Å². The van der Waals surface area contributed by atoms with Crippen LogP contribution in [-0.4, -0.2) is 41.3 Å². The van der Waals surface area contributed by atoms with Crippen LogP contribution in [-0.2, 0) is 4.74 Å². The van der Waals surface area contributed by atoms with E-state index in [0.717, 1.165) is 6.07 Å². The number of benzene rings is 1. The number of morpholine rings is 1. The number of carboxylic acid groups (broad SMARTS) is 1. The zero-order valence-corrected chi connectivity index (χ0v) is 12.4. The lowest BCUT2D eigenvalue weighted by molar-refractivity contribution is -0.384. The predicted molar refractivity (Wildman–Crippen MR) is 77.3 cm³/mol. The lowest BCUT2D eigenvalue weighted by Crippen LogP contribution is -2.53. The highest BCUT2D eigenvalue weighted by molar-refractivity contribution is 6.34. The van der Waals surface area contributed by atoms with Crippen LogP contribution in [0.2, 0.25) is 5.02 Å². The Morgan fingerprint density at radius 2 is 2.19 bits per heavy atom. The number of carbonyl (C=O) groups is 1. The van der Waals surface area contributed by atoms with Gasteiger partial charge in [0.2, 0.25) is 0 Å². The van der Waals surface area contributed by atoms with E-state index in [-0.39, 0.29) is 16.3 Å². The summed E-state index contributed by atoms with van der Waals surface area (Å²) >= 11 is 6.13. The average Bonchev–Trinajstić information content (AvgIpc) is 2.38. The van der Waals surface area contributed by atoms with E-state index in [1.165, 1.54) is 6.07 Å². The first kappa shape index (κ1) is 15.5. The minimum Gasteiger partial charge on any atom is -0.478 e. The molecule has 0 aromatic heterocycles. The fraction of sp³-hybridized carbons (Fsp3) is 0.462. The van der Waals surface area contributed by atoms with E-state index < -0.39 is 16.4 Å². The molecule has 2 rings (SSSR count). The molecule has 0 bridgehead atoms. The number of nitrogens with zero attached hydrogens (tertiary/aromatic N) is 2. The standard InChI is InChI=1S/C13H15ClN2O5/c1-13(2)7-21-4-3-15(13)11-9(12(17)18)5-8(16(19)20)6-10(11)14/h5-6H,3-4,7H2,1-2H3,(H,17,18). The Kier molecular flexibility index (Phi) is 4.06. The van der Waals surface area contributed by atoms with Gasteiger partial charge in [0.15, 0.2) is 0 Å². The van der Waals surface area contributed by atoms with Gasteiger partial charge in [0.1, 0.15) is 0 Å². The Bertz CT molecular complexity index is 602. The molecule has 0 atom stereocenters. The molecule has 21 heavy (non-hydrogen) atoms. The second-order valence-electron chi connectivity index (χ2n) is 5.40. The molecule has 0 amide bonds. The molecule has 1 aromatic carbocycles. The number of hydrogen-bond donors (Lipinski definition) is 1. The number of nitro benzene ring substituents is 1. The topological polar surface area (TPSA) is 92.9 Å². The molecule has 7 nitrogen and oxygen atoms in total. The molecule has 0 spiro atoms. The van der Waals surface area contributed by atoms with Gasteiger partial charge in [0.05, 0.1) is 39.9 Å². The molecule has 0 radical (unpaired) electrons. The first-order valence-electron chi connectivity index (χ1n) is 6.30. The largest absolute Gasteiger partial charge is 0.478 e. The molecular weight excluding hydrogens is 300 g/mol. The fourth-order valence-corrected chi connectivity index (χ4v) is 2.72. The van der Waals surface area contributed by atoms with Crippen LogP contribution in [0, 0.1) is 10.1 Å². The molecule has 0 saturated carbocycles. The summed E-state index contributed by atoms with van der Waals surface area (Å²) in [5, 5.41) is 20.3. The summed E-state index contributed by atoms with van der Waals surface area (Å²) in [6.45, 7) is 5.12. The van der Waals surface area contributed by atoms with Crippen molar-refractivity contribution in [1.82, 2.24) is 0 Å². The average molecular weight is 315 g/mol. The summed E-state index contributed by atoms with van der Waals surface area (Å²) < 4.78 is 5.40. The van der Waals surface area contributed by atoms with Crippen LogP contribution in [0.4, 0.5) is 11.4 Å². The van der Waals surface area contributed by atoms with Crippen LogP contribution >= 0.6 is 11.6 Å². The van der Waals surface area contributed by atoms with Gasteiger partial charge in [-0.25, -0.2) is 4.79 Å². The van der Waals surface area contributed by atoms with Gasteiger partial charge in [-0.1, -0.05) is 11.6 Å².